The Balaban J connectivity index is 2.14. The third kappa shape index (κ3) is 5.71. The summed E-state index contributed by atoms with van der Waals surface area (Å²) >= 11 is 0. The van der Waals surface area contributed by atoms with Crippen molar-refractivity contribution >= 4 is 11.8 Å². The summed E-state index contributed by atoms with van der Waals surface area (Å²) in [7, 11) is 0. The van der Waals surface area contributed by atoms with E-state index in [-0.39, 0.29) is 11.8 Å². The molecule has 148 valence electrons. The Morgan fingerprint density at radius 2 is 1.93 bits per heavy atom. The summed E-state index contributed by atoms with van der Waals surface area (Å²) in [6.45, 7) is 7.74. The summed E-state index contributed by atoms with van der Waals surface area (Å²) in [6.07, 6.45) is 1.28. The highest BCUT2D eigenvalue weighted by Crippen LogP contribution is 2.17. The second-order valence-corrected chi connectivity index (χ2v) is 7.23. The molecular weight excluding hydrogens is 354 g/mol. The van der Waals surface area contributed by atoms with E-state index in [9.17, 15) is 14.9 Å². The number of aryl methyl sites for hydroxylation is 2. The highest BCUT2D eigenvalue weighted by Gasteiger charge is 2.26. The number of nitrogens with one attached hydrogen (secondary N) is 2. The molecule has 0 fully saturated rings. The van der Waals surface area contributed by atoms with Crippen LogP contribution in [0.3, 0.4) is 0 Å². The van der Waals surface area contributed by atoms with Crippen molar-refractivity contribution in [2.24, 2.45) is 5.92 Å². The van der Waals surface area contributed by atoms with Gasteiger partial charge in [0, 0.05) is 5.56 Å². The second-order valence-electron chi connectivity index (χ2n) is 7.23. The molecule has 2 amide bonds. The molecule has 2 rings (SSSR count). The Morgan fingerprint density at radius 1 is 1.18 bits per heavy atom. The number of amides is 2. The molecule has 1 aromatic carbocycles. The van der Waals surface area contributed by atoms with Gasteiger partial charge >= 0.3 is 0 Å². The Morgan fingerprint density at radius 3 is 2.50 bits per heavy atom. The first-order chi connectivity index (χ1) is 13.3. The van der Waals surface area contributed by atoms with Crippen molar-refractivity contribution in [1.82, 2.24) is 10.6 Å². The van der Waals surface area contributed by atoms with Gasteiger partial charge in [-0.05, 0) is 55.5 Å². The minimum Gasteiger partial charge on any atom is -0.463 e. The number of rotatable bonds is 8. The quantitative estimate of drug-likeness (QED) is 0.729. The first-order valence-electron chi connectivity index (χ1n) is 9.50. The van der Waals surface area contributed by atoms with Crippen LogP contribution < -0.4 is 10.6 Å². The van der Waals surface area contributed by atoms with Gasteiger partial charge in [0.25, 0.3) is 5.91 Å². The molecule has 0 aliphatic heterocycles. The van der Waals surface area contributed by atoms with E-state index >= 15 is 0 Å². The average Bonchev–Trinajstić information content (AvgIpc) is 3.11. The summed E-state index contributed by atoms with van der Waals surface area (Å²) < 4.78 is 5.45. The summed E-state index contributed by atoms with van der Waals surface area (Å²) in [5.74, 6) is 0.503. The van der Waals surface area contributed by atoms with Crippen LogP contribution in [0.5, 0.6) is 0 Å². The highest BCUT2D eigenvalue weighted by molar-refractivity contribution is 5.97. The fraction of sp³-hybridized carbons (Fsp3) is 0.409. The third-order valence-corrected chi connectivity index (χ3v) is 4.39. The first kappa shape index (κ1) is 21.2. The number of carbonyl (C=O) groups excluding carboxylic acids is 2. The molecule has 0 bridgehead atoms. The summed E-state index contributed by atoms with van der Waals surface area (Å²) in [6, 6.07) is 11.1. The monoisotopic (exact) mass is 381 g/mol. The van der Waals surface area contributed by atoms with Crippen molar-refractivity contribution in [3.8, 4) is 6.07 Å². The predicted octanol–water partition coefficient (Wildman–Crippen LogP) is 3.68. The van der Waals surface area contributed by atoms with Crippen LogP contribution in [0, 0.1) is 24.2 Å². The Kier molecular flexibility index (Phi) is 7.39. The molecule has 1 aromatic heterocycles. The predicted molar refractivity (Wildman–Crippen MR) is 106 cm³/mol. The fourth-order valence-corrected chi connectivity index (χ4v) is 2.90. The summed E-state index contributed by atoms with van der Waals surface area (Å²) in [4.78, 5) is 25.5. The van der Waals surface area contributed by atoms with Crippen LogP contribution in [0.1, 0.15) is 60.7 Å². The molecule has 2 atom stereocenters. The van der Waals surface area contributed by atoms with E-state index in [4.69, 9.17) is 4.42 Å². The third-order valence-electron chi connectivity index (χ3n) is 4.39. The summed E-state index contributed by atoms with van der Waals surface area (Å²) in [5.41, 5.74) is 1.56. The molecule has 28 heavy (non-hydrogen) atoms. The first-order valence-corrected chi connectivity index (χ1v) is 9.50. The Bertz CT molecular complexity index is 864. The average molecular weight is 381 g/mol. The van der Waals surface area contributed by atoms with Crippen molar-refractivity contribution in [2.75, 3.05) is 0 Å². The number of hydrogen-bond acceptors (Lipinski definition) is 4. The van der Waals surface area contributed by atoms with Crippen molar-refractivity contribution in [3.63, 3.8) is 0 Å². The zero-order chi connectivity index (χ0) is 20.7. The van der Waals surface area contributed by atoms with E-state index < -0.39 is 18.0 Å². The number of nitrogens with zero attached hydrogens (tertiary/aromatic N) is 1. The normalized spacial score (nSPS) is 12.9. The lowest BCUT2D eigenvalue weighted by Crippen LogP contribution is -2.48. The number of benzene rings is 1. The number of hydrogen-bond donors (Lipinski definition) is 2. The van der Waals surface area contributed by atoms with Crippen LogP contribution in [0.15, 0.2) is 40.8 Å². The van der Waals surface area contributed by atoms with E-state index in [2.05, 4.69) is 10.6 Å². The second kappa shape index (κ2) is 9.75. The van der Waals surface area contributed by atoms with Crippen LogP contribution >= 0.6 is 0 Å². The highest BCUT2D eigenvalue weighted by atomic mass is 16.3. The van der Waals surface area contributed by atoms with Gasteiger partial charge in [0.15, 0.2) is 6.04 Å². The molecule has 0 radical (unpaired) electrons. The molecule has 2 N–H and O–H groups in total. The van der Waals surface area contributed by atoms with E-state index in [1.807, 2.05) is 45.0 Å². The molecule has 0 aliphatic rings. The van der Waals surface area contributed by atoms with E-state index in [0.29, 0.717) is 23.5 Å². The van der Waals surface area contributed by atoms with E-state index in [1.54, 1.807) is 25.1 Å². The van der Waals surface area contributed by atoms with Gasteiger partial charge in [0.05, 0.1) is 6.07 Å². The molecule has 1 unspecified atom stereocenters. The molecule has 6 heteroatoms. The van der Waals surface area contributed by atoms with Gasteiger partial charge in [0.1, 0.15) is 17.6 Å². The van der Waals surface area contributed by atoms with Crippen molar-refractivity contribution < 1.29 is 14.0 Å². The zero-order valence-corrected chi connectivity index (χ0v) is 16.8. The van der Waals surface area contributed by atoms with Gasteiger partial charge in [-0.1, -0.05) is 32.9 Å². The van der Waals surface area contributed by atoms with Crippen molar-refractivity contribution in [2.45, 2.75) is 52.6 Å². The smallest absolute Gasteiger partial charge is 0.251 e. The van der Waals surface area contributed by atoms with Gasteiger partial charge in [-0.25, -0.2) is 0 Å². The lowest BCUT2D eigenvalue weighted by atomic mass is 10.0. The molecule has 0 saturated heterocycles. The van der Waals surface area contributed by atoms with E-state index in [1.165, 1.54) is 0 Å². The van der Waals surface area contributed by atoms with Gasteiger partial charge < -0.3 is 15.1 Å². The Hall–Kier alpha value is -3.07. The van der Waals surface area contributed by atoms with Crippen LogP contribution in [0.2, 0.25) is 0 Å². The van der Waals surface area contributed by atoms with Gasteiger partial charge in [-0.2, -0.15) is 5.26 Å². The molecule has 0 saturated carbocycles. The zero-order valence-electron chi connectivity index (χ0n) is 16.8. The number of furan rings is 1. The number of nitriles is 1. The largest absolute Gasteiger partial charge is 0.463 e. The van der Waals surface area contributed by atoms with Crippen molar-refractivity contribution in [1.29, 1.82) is 5.26 Å². The molecule has 1 heterocycles. The lowest BCUT2D eigenvalue weighted by Gasteiger charge is -2.21. The lowest BCUT2D eigenvalue weighted by molar-refractivity contribution is -0.123. The maximum atomic E-state index is 12.8. The van der Waals surface area contributed by atoms with Gasteiger partial charge in [-0.3, -0.25) is 9.59 Å². The molecule has 6 nitrogen and oxygen atoms in total. The van der Waals surface area contributed by atoms with Crippen LogP contribution in [-0.4, -0.2) is 17.9 Å². The standard InChI is InChI=1S/C22H27N3O3/c1-5-16-7-6-8-17(12-16)21(26)24-18(11-14(2)3)22(27)25-19(13-23)20-10-9-15(4)28-20/h6-10,12,14,18-19H,5,11H2,1-4H3,(H,24,26)(H,25,27)/t18-,19?/m0/s1. The minimum atomic E-state index is -0.906. The summed E-state index contributed by atoms with van der Waals surface area (Å²) in [5, 5.41) is 14.9. The molecule has 2 aromatic rings. The topological polar surface area (TPSA) is 95.1 Å². The fourth-order valence-electron chi connectivity index (χ4n) is 2.90. The SMILES string of the molecule is CCc1cccc(C(=O)N[C@@H](CC(C)C)C(=O)NC(C#N)c2ccc(C)o2)c1. The maximum Gasteiger partial charge on any atom is 0.251 e. The minimum absolute atomic E-state index is 0.185. The van der Waals surface area contributed by atoms with Crippen LogP contribution in [-0.2, 0) is 11.2 Å². The van der Waals surface area contributed by atoms with Crippen LogP contribution in [0.25, 0.3) is 0 Å². The van der Waals surface area contributed by atoms with Crippen LogP contribution in [0.4, 0.5) is 0 Å². The molecular formula is C22H27N3O3. The number of carbonyl (C=O) groups is 2. The molecule has 0 spiro atoms. The van der Waals surface area contributed by atoms with Gasteiger partial charge in [-0.15, -0.1) is 0 Å². The Labute approximate surface area is 165 Å². The van der Waals surface area contributed by atoms with Gasteiger partial charge in [0.2, 0.25) is 5.91 Å². The van der Waals surface area contributed by atoms with Crippen molar-refractivity contribution in [3.05, 3.63) is 59.0 Å². The van der Waals surface area contributed by atoms with E-state index in [0.717, 1.165) is 12.0 Å². The maximum absolute atomic E-state index is 12.8. The molecule has 0 aliphatic carbocycles.